The molecule has 0 atom stereocenters. The Morgan fingerprint density at radius 1 is 1.31 bits per heavy atom. The zero-order valence-electron chi connectivity index (χ0n) is 7.08. The molecule has 3 heteroatoms. The number of nitrogens with one attached hydrogen (secondary N) is 1. The van der Waals surface area contributed by atoms with Gasteiger partial charge in [0.1, 0.15) is 0 Å². The van der Waals surface area contributed by atoms with Gasteiger partial charge in [0.15, 0.2) is 0 Å². The van der Waals surface area contributed by atoms with Crippen molar-refractivity contribution in [1.82, 2.24) is 5.32 Å². The summed E-state index contributed by atoms with van der Waals surface area (Å²) in [4.78, 5) is 9.82. The van der Waals surface area contributed by atoms with E-state index in [0.717, 1.165) is 12.0 Å². The molecule has 1 amide bonds. The molecule has 0 spiro atoms. The van der Waals surface area contributed by atoms with Crippen LogP contribution in [0.4, 0.5) is 0 Å². The van der Waals surface area contributed by atoms with E-state index in [4.69, 9.17) is 5.26 Å². The first-order valence-electron chi connectivity index (χ1n) is 3.96. The van der Waals surface area contributed by atoms with Crippen LogP contribution < -0.4 is 5.32 Å². The van der Waals surface area contributed by atoms with Gasteiger partial charge in [-0.15, -0.1) is 0 Å². The van der Waals surface area contributed by atoms with E-state index in [1.54, 1.807) is 18.5 Å². The van der Waals surface area contributed by atoms with Crippen molar-refractivity contribution in [2.75, 3.05) is 6.54 Å². The Morgan fingerprint density at radius 3 is 2.54 bits per heavy atom. The van der Waals surface area contributed by atoms with Crippen LogP contribution in [0.5, 0.6) is 0 Å². The predicted molar refractivity (Wildman–Crippen MR) is 48.6 cm³/mol. The number of rotatable bonds is 4. The number of carbonyl (C=O) groups excluding carboxylic acids is 1. The molecule has 0 saturated carbocycles. The molecule has 0 heterocycles. The number of hydrogen-bond donors (Lipinski definition) is 1. The first-order valence-corrected chi connectivity index (χ1v) is 3.96. The Labute approximate surface area is 77.0 Å². The average Bonchev–Trinajstić information content (AvgIpc) is 2.19. The van der Waals surface area contributed by atoms with Crippen LogP contribution in [0.2, 0.25) is 0 Å². The minimum absolute atomic E-state index is 0.579. The zero-order chi connectivity index (χ0) is 9.52. The largest absolute Gasteiger partial charge is 0.348 e. The third-order valence-corrected chi connectivity index (χ3v) is 1.69. The fraction of sp³-hybridized carbons (Fsp3) is 0.200. The van der Waals surface area contributed by atoms with Gasteiger partial charge in [-0.05, 0) is 24.1 Å². The summed E-state index contributed by atoms with van der Waals surface area (Å²) in [5, 5.41) is 11.0. The number of nitriles is 1. The van der Waals surface area contributed by atoms with Crippen molar-refractivity contribution in [3.05, 3.63) is 35.4 Å². The highest BCUT2D eigenvalue weighted by Crippen LogP contribution is 2.03. The van der Waals surface area contributed by atoms with Crippen molar-refractivity contribution >= 4 is 6.41 Å². The summed E-state index contributed by atoms with van der Waals surface area (Å²) in [5.41, 5.74) is 1.75. The molecule has 0 unspecified atom stereocenters. The molecule has 0 aliphatic heterocycles. The Morgan fingerprint density at radius 2 is 2.00 bits per heavy atom. The lowest BCUT2D eigenvalue weighted by atomic mass is 10.1. The lowest BCUT2D eigenvalue weighted by Gasteiger charge is -1.99. The minimum atomic E-state index is 0.579. The molecule has 0 aliphatic carbocycles. The summed E-state index contributed by atoms with van der Waals surface area (Å²) in [6, 6.07) is 9.33. The quantitative estimate of drug-likeness (QED) is 0.539. The van der Waals surface area contributed by atoms with Gasteiger partial charge in [-0.3, -0.25) is 4.79 Å². The third-order valence-electron chi connectivity index (χ3n) is 1.69. The average molecular weight is 173 g/mol. The summed E-state index contributed by atoms with van der Waals surface area (Å²) in [5.74, 6) is 0. The van der Waals surface area contributed by atoms with Crippen molar-refractivity contribution in [2.45, 2.75) is 6.42 Å². The third kappa shape index (κ3) is 2.96. The molecule has 1 N–H and O–H groups in total. The van der Waals surface area contributed by atoms with E-state index in [-0.39, 0.29) is 0 Å². The highest BCUT2D eigenvalue weighted by atomic mass is 16.1. The highest BCUT2D eigenvalue weighted by molar-refractivity contribution is 5.47. The SMILES string of the molecule is N#Cc1ccc(CCN[C]=O)cc1. The Kier molecular flexibility index (Phi) is 3.52. The lowest BCUT2D eigenvalue weighted by Crippen LogP contribution is -2.14. The molecule has 0 aromatic heterocycles. The maximum absolute atomic E-state index is 9.82. The van der Waals surface area contributed by atoms with Crippen LogP contribution in [0.1, 0.15) is 11.1 Å². The Balaban J connectivity index is 2.50. The monoisotopic (exact) mass is 173 g/mol. The Hall–Kier alpha value is -1.82. The fourth-order valence-electron chi connectivity index (χ4n) is 1.00. The van der Waals surface area contributed by atoms with Crippen LogP contribution in [0, 0.1) is 11.3 Å². The first kappa shape index (κ1) is 9.27. The molecule has 0 saturated heterocycles. The second-order valence-electron chi connectivity index (χ2n) is 2.59. The molecule has 1 aromatic rings. The van der Waals surface area contributed by atoms with Crippen molar-refractivity contribution in [2.24, 2.45) is 0 Å². The molecule has 1 rings (SSSR count). The van der Waals surface area contributed by atoms with E-state index in [9.17, 15) is 4.79 Å². The highest BCUT2D eigenvalue weighted by Gasteiger charge is 1.93. The topological polar surface area (TPSA) is 52.9 Å². The second-order valence-corrected chi connectivity index (χ2v) is 2.59. The van der Waals surface area contributed by atoms with Gasteiger partial charge in [0.2, 0.25) is 0 Å². The number of nitrogens with zero attached hydrogens (tertiary/aromatic N) is 1. The Bertz CT molecular complexity index is 311. The molecule has 13 heavy (non-hydrogen) atoms. The van der Waals surface area contributed by atoms with Crippen LogP contribution in [0.25, 0.3) is 0 Å². The van der Waals surface area contributed by atoms with Gasteiger partial charge in [0.05, 0.1) is 11.6 Å². The van der Waals surface area contributed by atoms with Gasteiger partial charge in [0.25, 0.3) is 0 Å². The molecule has 3 nitrogen and oxygen atoms in total. The maximum Gasteiger partial charge on any atom is 0.309 e. The molecule has 0 bridgehead atoms. The smallest absolute Gasteiger partial charge is 0.309 e. The molecular weight excluding hydrogens is 164 g/mol. The van der Waals surface area contributed by atoms with Crippen molar-refractivity contribution in [1.29, 1.82) is 5.26 Å². The van der Waals surface area contributed by atoms with Crippen LogP contribution in [0.3, 0.4) is 0 Å². The molecule has 1 aromatic carbocycles. The predicted octanol–water partition coefficient (Wildman–Crippen LogP) is 0.758. The molecule has 1 radical (unpaired) electrons. The van der Waals surface area contributed by atoms with Crippen LogP contribution in [-0.4, -0.2) is 13.0 Å². The molecule has 0 fully saturated rings. The number of amides is 1. The summed E-state index contributed by atoms with van der Waals surface area (Å²) >= 11 is 0. The van der Waals surface area contributed by atoms with E-state index < -0.39 is 0 Å². The van der Waals surface area contributed by atoms with Gasteiger partial charge in [-0.2, -0.15) is 5.26 Å². The summed E-state index contributed by atoms with van der Waals surface area (Å²) in [6.07, 6.45) is 2.37. The van der Waals surface area contributed by atoms with Gasteiger partial charge in [0, 0.05) is 6.54 Å². The summed E-state index contributed by atoms with van der Waals surface area (Å²) in [7, 11) is 0. The number of benzene rings is 1. The summed E-state index contributed by atoms with van der Waals surface area (Å²) < 4.78 is 0. The van der Waals surface area contributed by atoms with E-state index in [1.807, 2.05) is 18.2 Å². The summed E-state index contributed by atoms with van der Waals surface area (Å²) in [6.45, 7) is 0.579. The normalized spacial score (nSPS) is 8.85. The van der Waals surface area contributed by atoms with Gasteiger partial charge >= 0.3 is 6.41 Å². The lowest BCUT2D eigenvalue weighted by molar-refractivity contribution is 0.542. The van der Waals surface area contributed by atoms with Gasteiger partial charge in [-0.1, -0.05) is 12.1 Å². The maximum atomic E-state index is 9.82. The van der Waals surface area contributed by atoms with E-state index in [1.165, 1.54) is 0 Å². The van der Waals surface area contributed by atoms with Crippen molar-refractivity contribution in [3.8, 4) is 6.07 Å². The fourth-order valence-corrected chi connectivity index (χ4v) is 1.00. The second kappa shape index (κ2) is 4.94. The molecule has 65 valence electrons. The van der Waals surface area contributed by atoms with Crippen LogP contribution in [0.15, 0.2) is 24.3 Å². The molecular formula is C10H9N2O. The van der Waals surface area contributed by atoms with E-state index in [0.29, 0.717) is 12.1 Å². The van der Waals surface area contributed by atoms with Crippen molar-refractivity contribution < 1.29 is 4.79 Å². The number of hydrogen-bond acceptors (Lipinski definition) is 2. The first-order chi connectivity index (χ1) is 6.36. The van der Waals surface area contributed by atoms with E-state index in [2.05, 4.69) is 5.32 Å². The van der Waals surface area contributed by atoms with Crippen LogP contribution in [-0.2, 0) is 11.2 Å². The van der Waals surface area contributed by atoms with Gasteiger partial charge < -0.3 is 5.32 Å². The minimum Gasteiger partial charge on any atom is -0.348 e. The van der Waals surface area contributed by atoms with Gasteiger partial charge in [-0.25, -0.2) is 0 Å². The van der Waals surface area contributed by atoms with E-state index >= 15 is 0 Å². The van der Waals surface area contributed by atoms with Crippen molar-refractivity contribution in [3.63, 3.8) is 0 Å². The zero-order valence-corrected chi connectivity index (χ0v) is 7.08. The molecule has 0 aliphatic rings. The standard InChI is InChI=1S/C10H9N2O/c11-7-10-3-1-9(2-4-10)5-6-12-8-13/h1-4H,5-6H2,(H,12,13). The van der Waals surface area contributed by atoms with Crippen LogP contribution >= 0.6 is 0 Å².